The largest absolute Gasteiger partial charge is 0.508 e. The molecule has 1 aromatic carbocycles. The zero-order valence-corrected chi connectivity index (χ0v) is 47.1. The molecule has 426 valence electrons. The number of hydrazine groups is 1. The lowest BCUT2D eigenvalue weighted by atomic mass is 9.75. The average molecular weight is 1070 g/mol. The van der Waals surface area contributed by atoms with Gasteiger partial charge >= 0.3 is 5.97 Å². The van der Waals surface area contributed by atoms with E-state index in [1.807, 2.05) is 45.9 Å². The summed E-state index contributed by atoms with van der Waals surface area (Å²) < 4.78 is 13.0. The van der Waals surface area contributed by atoms with Crippen LogP contribution in [0, 0.1) is 41.4 Å². The van der Waals surface area contributed by atoms with E-state index in [4.69, 9.17) is 9.47 Å². The molecular formula is C60H89N5O12. The molecule has 4 amide bonds. The topological polar surface area (TPSA) is 253 Å². The lowest BCUT2D eigenvalue weighted by Gasteiger charge is -2.51. The number of nitrogens with zero attached hydrogens (tertiary/aromatic N) is 1. The first kappa shape index (κ1) is 62.4. The van der Waals surface area contributed by atoms with Gasteiger partial charge in [0.15, 0.2) is 5.72 Å². The highest BCUT2D eigenvalue weighted by molar-refractivity contribution is 5.93. The maximum absolute atomic E-state index is 14.5. The summed E-state index contributed by atoms with van der Waals surface area (Å²) >= 11 is 0. The number of ketones is 1. The van der Waals surface area contributed by atoms with Crippen molar-refractivity contribution >= 4 is 35.4 Å². The first-order valence-electron chi connectivity index (χ1n) is 28.0. The van der Waals surface area contributed by atoms with E-state index in [1.165, 1.54) is 24.1 Å². The Balaban J connectivity index is 1.35. The lowest BCUT2D eigenvalue weighted by Crippen LogP contribution is -2.64. The summed E-state index contributed by atoms with van der Waals surface area (Å²) in [6, 6.07) is 3.01. The number of piperidine rings is 1. The lowest BCUT2D eigenvalue weighted by molar-refractivity contribution is -0.179. The number of allylic oxidation sites excluding steroid dienone is 5. The van der Waals surface area contributed by atoms with E-state index in [1.54, 1.807) is 57.2 Å². The number of amides is 4. The maximum atomic E-state index is 14.5. The minimum absolute atomic E-state index is 0.00792. The van der Waals surface area contributed by atoms with Crippen molar-refractivity contribution < 1.29 is 58.7 Å². The summed E-state index contributed by atoms with van der Waals surface area (Å²) in [6.07, 6.45) is 14.2. The number of esters is 1. The number of hydrogen-bond donors (Lipinski definition) is 8. The first-order chi connectivity index (χ1) is 36.5. The highest BCUT2D eigenvalue weighted by atomic mass is 16.5. The molecule has 5 rings (SSSR count). The second kappa shape index (κ2) is 29.0. The highest BCUT2D eigenvalue weighted by Gasteiger charge is 2.51. The fourth-order valence-corrected chi connectivity index (χ4v) is 10.9. The Bertz CT molecular complexity index is 2360. The van der Waals surface area contributed by atoms with E-state index in [2.05, 4.69) is 41.3 Å². The summed E-state index contributed by atoms with van der Waals surface area (Å²) in [7, 11) is 0. The van der Waals surface area contributed by atoms with Gasteiger partial charge in [-0.2, -0.15) is 0 Å². The molecule has 4 aliphatic heterocycles. The molecule has 1 spiro atoms. The SMILES string of the molecule is CC[C@H]1C[C@H](C)[C@@]2(NC1=O)O[C@@H](C[C@H](O)[C@@H](C)CCC=CC=C(C)[C@@H]1CC=CC=C[C@H](O)[C@H](C)[C@@H](O)[C@@H](CCC(C)=O)C(=O)N[C@@H](C(C)C)C(=O)N[C@@H](Cc3ccccc3O)C(=O)N3CCC[C@H](N3)C(=O)O1)[C@H](C)C=C2C. The minimum atomic E-state index is -1.43. The summed E-state index contributed by atoms with van der Waals surface area (Å²) in [5, 5.41) is 55.1. The summed E-state index contributed by atoms with van der Waals surface area (Å²) in [5.41, 5.74) is 4.26. The van der Waals surface area contributed by atoms with Gasteiger partial charge in [0, 0.05) is 55.9 Å². The molecule has 0 saturated carbocycles. The number of cyclic esters (lactones) is 1. The second-order valence-corrected chi connectivity index (χ2v) is 22.6. The monoisotopic (exact) mass is 1070 g/mol. The molecule has 4 heterocycles. The molecule has 17 nitrogen and oxygen atoms in total. The fourth-order valence-electron chi connectivity index (χ4n) is 10.9. The van der Waals surface area contributed by atoms with Gasteiger partial charge < -0.3 is 50.6 Å². The van der Waals surface area contributed by atoms with E-state index in [0.717, 1.165) is 24.0 Å². The third kappa shape index (κ3) is 16.8. The predicted molar refractivity (Wildman–Crippen MR) is 294 cm³/mol. The van der Waals surface area contributed by atoms with Crippen molar-refractivity contribution in [3.8, 4) is 5.75 Å². The van der Waals surface area contributed by atoms with E-state index in [9.17, 15) is 49.2 Å². The van der Waals surface area contributed by atoms with Crippen molar-refractivity contribution in [3.05, 3.63) is 89.6 Å². The smallest absolute Gasteiger partial charge is 0.325 e. The number of carbonyl (C=O) groups is 6. The van der Waals surface area contributed by atoms with Crippen LogP contribution in [0.3, 0.4) is 0 Å². The molecule has 4 aliphatic rings. The number of aromatic hydroxyl groups is 1. The zero-order valence-electron chi connectivity index (χ0n) is 47.1. The van der Waals surface area contributed by atoms with E-state index in [-0.39, 0.29) is 79.4 Å². The van der Waals surface area contributed by atoms with Gasteiger partial charge in [-0.1, -0.05) is 115 Å². The van der Waals surface area contributed by atoms with Crippen molar-refractivity contribution in [2.24, 2.45) is 41.4 Å². The maximum Gasteiger partial charge on any atom is 0.325 e. The van der Waals surface area contributed by atoms with Crippen LogP contribution in [0.1, 0.15) is 139 Å². The van der Waals surface area contributed by atoms with Gasteiger partial charge in [0.25, 0.3) is 5.91 Å². The Hall–Kier alpha value is -5.46. The summed E-state index contributed by atoms with van der Waals surface area (Å²) in [5.74, 6) is -5.44. The molecule has 15 atom stereocenters. The number of carbonyl (C=O) groups excluding carboxylic acids is 6. The molecule has 17 heteroatoms. The Morgan fingerprint density at radius 2 is 1.71 bits per heavy atom. The van der Waals surface area contributed by atoms with Crippen molar-refractivity contribution in [1.82, 2.24) is 26.4 Å². The number of fused-ring (bicyclic) bond motifs is 2. The summed E-state index contributed by atoms with van der Waals surface area (Å²) in [4.78, 5) is 82.1. The van der Waals surface area contributed by atoms with Crippen LogP contribution in [0.15, 0.2) is 84.0 Å². The number of ether oxygens (including phenoxy) is 2. The first-order valence-corrected chi connectivity index (χ1v) is 28.0. The van der Waals surface area contributed by atoms with E-state index < -0.39 is 89.7 Å². The number of benzene rings is 1. The van der Waals surface area contributed by atoms with Gasteiger partial charge in [0.2, 0.25) is 17.7 Å². The third-order valence-electron chi connectivity index (χ3n) is 16.3. The molecule has 0 aliphatic carbocycles. The molecule has 0 aromatic heterocycles. The molecule has 0 radical (unpaired) electrons. The molecule has 1 aromatic rings. The molecule has 2 saturated heterocycles. The number of hydrogen-bond acceptors (Lipinski definition) is 13. The Labute approximate surface area is 456 Å². The minimum Gasteiger partial charge on any atom is -0.508 e. The van der Waals surface area contributed by atoms with Gasteiger partial charge in [-0.05, 0) is 100 Å². The molecule has 0 unspecified atom stereocenters. The molecular weight excluding hydrogens is 983 g/mol. The molecule has 2 bridgehead atoms. The fraction of sp³-hybridized carbons (Fsp3) is 0.633. The second-order valence-electron chi connectivity index (χ2n) is 22.6. The van der Waals surface area contributed by atoms with Crippen molar-refractivity contribution in [1.29, 1.82) is 0 Å². The van der Waals surface area contributed by atoms with Crippen LogP contribution >= 0.6 is 0 Å². The van der Waals surface area contributed by atoms with Gasteiger partial charge in [-0.25, -0.2) is 5.43 Å². The third-order valence-corrected chi connectivity index (χ3v) is 16.3. The number of aliphatic hydroxyl groups is 3. The van der Waals surface area contributed by atoms with Crippen LogP contribution in [-0.4, -0.2) is 122 Å². The Morgan fingerprint density at radius 1 is 0.987 bits per heavy atom. The van der Waals surface area contributed by atoms with Crippen molar-refractivity contribution in [2.75, 3.05) is 6.54 Å². The van der Waals surface area contributed by atoms with Crippen molar-refractivity contribution in [2.45, 2.75) is 194 Å². The van der Waals surface area contributed by atoms with Crippen molar-refractivity contribution in [3.63, 3.8) is 0 Å². The number of para-hydroxylation sites is 1. The normalized spacial score (nSPS) is 32.4. The Morgan fingerprint density at radius 3 is 2.40 bits per heavy atom. The Kier molecular flexibility index (Phi) is 23.5. The van der Waals surface area contributed by atoms with Gasteiger partial charge in [0.05, 0.1) is 30.3 Å². The molecule has 2 fully saturated rings. The predicted octanol–water partition coefficient (Wildman–Crippen LogP) is 6.36. The number of aliphatic hydroxyl groups excluding tert-OH is 3. The molecule has 77 heavy (non-hydrogen) atoms. The van der Waals surface area contributed by atoms with Crippen LogP contribution < -0.4 is 21.4 Å². The quantitative estimate of drug-likeness (QED) is 0.0542. The van der Waals surface area contributed by atoms with Gasteiger partial charge in [0.1, 0.15) is 35.8 Å². The van der Waals surface area contributed by atoms with Gasteiger partial charge in [-0.3, -0.25) is 29.0 Å². The van der Waals surface area contributed by atoms with E-state index >= 15 is 0 Å². The number of rotatable bonds is 15. The number of Topliss-reactive ketones (excluding diaryl/α,β-unsaturated/α-hetero) is 1. The number of nitrogens with one attached hydrogen (secondary N) is 4. The van der Waals surface area contributed by atoms with Crippen LogP contribution in [-0.2, 0) is 44.7 Å². The summed E-state index contributed by atoms with van der Waals surface area (Å²) in [6.45, 7) is 18.7. The highest BCUT2D eigenvalue weighted by Crippen LogP contribution is 2.43. The van der Waals surface area contributed by atoms with Crippen LogP contribution in [0.2, 0.25) is 0 Å². The van der Waals surface area contributed by atoms with Crippen LogP contribution in [0.4, 0.5) is 0 Å². The van der Waals surface area contributed by atoms with E-state index in [0.29, 0.717) is 37.7 Å². The average Bonchev–Trinajstić information content (AvgIpc) is 3.39. The zero-order chi connectivity index (χ0) is 56.7. The number of phenols is 1. The molecule has 8 N–H and O–H groups in total. The van der Waals surface area contributed by atoms with Crippen LogP contribution in [0.25, 0.3) is 0 Å². The number of phenolic OH excluding ortho intramolecular Hbond substituents is 1. The van der Waals surface area contributed by atoms with Gasteiger partial charge in [-0.15, -0.1) is 0 Å². The standard InChI is InChI=1S/C60H89N5O12/c1-11-43-32-40(8)60(63-55(43)71)39(7)31-38(6)52(77-60)34-50(69)36(4)21-14-12-15-22-37(5)51-27-17-13-16-25-48(67)42(10)54(70)45(29-28-41(9)66)56(72)62-53(35(2)3)57(73)61-47(33-44-23-18-19-26-49(44)68)58(74)65-30-20-24-46(64-65)59(75)76-51/h12-13,15-19,22-23,25-26,31,35-36,38,40,42-43,45-48,50-54,64,67-70H,11,14,20-21,24,27-30,32-34H2,1-10H3,(H,61,73)(H,62,72)(H,63,71)/t36-,38+,40-,42-,43-,45+,46-,47-,48-,50-,51-,52-,53-,54+,60-/m0/s1. The van der Waals surface area contributed by atoms with Crippen LogP contribution in [0.5, 0.6) is 5.75 Å².